The Morgan fingerprint density at radius 3 is 2.61 bits per heavy atom. The first-order valence-corrected chi connectivity index (χ1v) is 6.54. The predicted octanol–water partition coefficient (Wildman–Crippen LogP) is 2.63. The molecule has 3 heteroatoms. The van der Waals surface area contributed by atoms with Crippen molar-refractivity contribution in [3.8, 4) is 0 Å². The van der Waals surface area contributed by atoms with Gasteiger partial charge >= 0.3 is 0 Å². The first-order valence-electron chi connectivity index (χ1n) is 6.54. The highest BCUT2D eigenvalue weighted by Gasteiger charge is 2.15. The monoisotopic (exact) mass is 245 g/mol. The van der Waals surface area contributed by atoms with E-state index in [1.54, 1.807) is 0 Å². The topological polar surface area (TPSA) is 29.9 Å². The van der Waals surface area contributed by atoms with E-state index in [2.05, 4.69) is 55.9 Å². The molecule has 0 radical (unpaired) electrons. The quantitative estimate of drug-likeness (QED) is 0.901. The minimum absolute atomic E-state index is 0.177. The van der Waals surface area contributed by atoms with Crippen LogP contribution in [0.4, 0.5) is 0 Å². The zero-order chi connectivity index (χ0) is 13.3. The Bertz CT molecular complexity index is 547. The zero-order valence-electron chi connectivity index (χ0n) is 12.0. The maximum atomic E-state index is 4.75. The highest BCUT2D eigenvalue weighted by molar-refractivity contribution is 5.77. The van der Waals surface area contributed by atoms with Gasteiger partial charge in [0.2, 0.25) is 0 Å². The second kappa shape index (κ2) is 4.73. The smallest absolute Gasteiger partial charge is 0.110 e. The van der Waals surface area contributed by atoms with Gasteiger partial charge in [-0.25, -0.2) is 4.98 Å². The number of hydrogen-bond acceptors (Lipinski definition) is 2. The Morgan fingerprint density at radius 2 is 2.00 bits per heavy atom. The third-order valence-corrected chi connectivity index (χ3v) is 3.44. The SMILES string of the molecule is CNCCc1nc2cc(C(C)(C)C)ccc2n1C. The molecule has 0 saturated heterocycles. The average molecular weight is 245 g/mol. The second-order valence-corrected chi connectivity index (χ2v) is 5.89. The number of fused-ring (bicyclic) bond motifs is 1. The van der Waals surface area contributed by atoms with Crippen LogP contribution in [0.5, 0.6) is 0 Å². The minimum atomic E-state index is 0.177. The number of benzene rings is 1. The van der Waals surface area contributed by atoms with Gasteiger partial charge in [-0.15, -0.1) is 0 Å². The van der Waals surface area contributed by atoms with Gasteiger partial charge in [0.25, 0.3) is 0 Å². The van der Waals surface area contributed by atoms with E-state index in [0.29, 0.717) is 0 Å². The van der Waals surface area contributed by atoms with E-state index in [1.165, 1.54) is 11.1 Å². The molecule has 0 aliphatic rings. The number of likely N-dealkylation sites (N-methyl/N-ethyl adjacent to an activating group) is 1. The van der Waals surface area contributed by atoms with E-state index in [-0.39, 0.29) is 5.41 Å². The van der Waals surface area contributed by atoms with Gasteiger partial charge in [-0.1, -0.05) is 26.8 Å². The molecular weight excluding hydrogens is 222 g/mol. The molecule has 1 N–H and O–H groups in total. The van der Waals surface area contributed by atoms with Crippen molar-refractivity contribution < 1.29 is 0 Å². The average Bonchev–Trinajstić information content (AvgIpc) is 2.62. The van der Waals surface area contributed by atoms with Crippen LogP contribution in [0.2, 0.25) is 0 Å². The maximum absolute atomic E-state index is 4.75. The fourth-order valence-corrected chi connectivity index (χ4v) is 2.18. The molecule has 0 saturated carbocycles. The fourth-order valence-electron chi connectivity index (χ4n) is 2.18. The molecule has 1 aromatic carbocycles. The summed E-state index contributed by atoms with van der Waals surface area (Å²) in [5.74, 6) is 1.14. The van der Waals surface area contributed by atoms with E-state index < -0.39 is 0 Å². The van der Waals surface area contributed by atoms with Crippen molar-refractivity contribution >= 4 is 11.0 Å². The molecule has 0 unspecified atom stereocenters. The molecule has 2 aromatic rings. The lowest BCUT2D eigenvalue weighted by Crippen LogP contribution is -2.12. The lowest BCUT2D eigenvalue weighted by Gasteiger charge is -2.18. The molecule has 1 heterocycles. The van der Waals surface area contributed by atoms with Crippen LogP contribution in [0, 0.1) is 0 Å². The minimum Gasteiger partial charge on any atom is -0.331 e. The Kier molecular flexibility index (Phi) is 3.44. The summed E-state index contributed by atoms with van der Waals surface area (Å²) in [6, 6.07) is 6.62. The van der Waals surface area contributed by atoms with Crippen LogP contribution < -0.4 is 5.32 Å². The van der Waals surface area contributed by atoms with Crippen molar-refractivity contribution in [3.63, 3.8) is 0 Å². The molecule has 18 heavy (non-hydrogen) atoms. The largest absolute Gasteiger partial charge is 0.331 e. The van der Waals surface area contributed by atoms with Gasteiger partial charge in [0, 0.05) is 20.0 Å². The third kappa shape index (κ3) is 2.41. The number of imidazole rings is 1. The van der Waals surface area contributed by atoms with E-state index in [4.69, 9.17) is 4.98 Å². The molecule has 0 atom stereocenters. The lowest BCUT2D eigenvalue weighted by atomic mass is 9.87. The van der Waals surface area contributed by atoms with Gasteiger partial charge in [-0.3, -0.25) is 0 Å². The highest BCUT2D eigenvalue weighted by atomic mass is 15.1. The number of nitrogens with one attached hydrogen (secondary N) is 1. The molecule has 2 rings (SSSR count). The maximum Gasteiger partial charge on any atom is 0.110 e. The number of aryl methyl sites for hydroxylation is 1. The van der Waals surface area contributed by atoms with Crippen molar-refractivity contribution in [3.05, 3.63) is 29.6 Å². The molecule has 0 aliphatic carbocycles. The number of nitrogens with zero attached hydrogens (tertiary/aromatic N) is 2. The summed E-state index contributed by atoms with van der Waals surface area (Å²) >= 11 is 0. The van der Waals surface area contributed by atoms with Crippen molar-refractivity contribution in [1.82, 2.24) is 14.9 Å². The molecule has 0 bridgehead atoms. The first kappa shape index (κ1) is 13.1. The van der Waals surface area contributed by atoms with Gasteiger partial charge in [0.05, 0.1) is 11.0 Å². The fraction of sp³-hybridized carbons (Fsp3) is 0.533. The standard InChI is InChI=1S/C15H23N3/c1-15(2,3)11-6-7-13-12(10-11)17-14(18(13)5)8-9-16-4/h6-7,10,16H,8-9H2,1-5H3. The number of aromatic nitrogens is 2. The summed E-state index contributed by atoms with van der Waals surface area (Å²) in [5.41, 5.74) is 3.84. The van der Waals surface area contributed by atoms with Gasteiger partial charge < -0.3 is 9.88 Å². The van der Waals surface area contributed by atoms with Crippen molar-refractivity contribution in [1.29, 1.82) is 0 Å². The second-order valence-electron chi connectivity index (χ2n) is 5.89. The summed E-state index contributed by atoms with van der Waals surface area (Å²) < 4.78 is 2.19. The molecule has 98 valence electrons. The summed E-state index contributed by atoms with van der Waals surface area (Å²) in [6.07, 6.45) is 0.965. The van der Waals surface area contributed by atoms with Gasteiger partial charge in [0.1, 0.15) is 5.82 Å². The normalized spacial score (nSPS) is 12.3. The molecular formula is C15H23N3. The number of hydrogen-bond donors (Lipinski definition) is 1. The summed E-state index contributed by atoms with van der Waals surface area (Å²) in [6.45, 7) is 7.67. The Balaban J connectivity index is 2.45. The van der Waals surface area contributed by atoms with Crippen molar-refractivity contribution in [2.75, 3.05) is 13.6 Å². The van der Waals surface area contributed by atoms with Crippen LogP contribution in [0.3, 0.4) is 0 Å². The Morgan fingerprint density at radius 1 is 1.28 bits per heavy atom. The molecule has 0 spiro atoms. The first-order chi connectivity index (χ1) is 8.43. The zero-order valence-corrected chi connectivity index (χ0v) is 12.0. The molecule has 1 aromatic heterocycles. The summed E-state index contributed by atoms with van der Waals surface area (Å²) in [4.78, 5) is 4.75. The van der Waals surface area contributed by atoms with Crippen LogP contribution in [0.1, 0.15) is 32.2 Å². The summed E-state index contributed by atoms with van der Waals surface area (Å²) in [7, 11) is 4.07. The van der Waals surface area contributed by atoms with Gasteiger partial charge in [0.15, 0.2) is 0 Å². The van der Waals surface area contributed by atoms with Crippen LogP contribution in [0.25, 0.3) is 11.0 Å². The third-order valence-electron chi connectivity index (χ3n) is 3.44. The van der Waals surface area contributed by atoms with E-state index >= 15 is 0 Å². The van der Waals surface area contributed by atoms with Crippen LogP contribution in [-0.4, -0.2) is 23.1 Å². The van der Waals surface area contributed by atoms with Crippen LogP contribution in [0.15, 0.2) is 18.2 Å². The van der Waals surface area contributed by atoms with Gasteiger partial charge in [-0.2, -0.15) is 0 Å². The van der Waals surface area contributed by atoms with E-state index in [1.807, 2.05) is 7.05 Å². The van der Waals surface area contributed by atoms with Crippen LogP contribution >= 0.6 is 0 Å². The van der Waals surface area contributed by atoms with Gasteiger partial charge in [-0.05, 0) is 30.2 Å². The molecule has 3 nitrogen and oxygen atoms in total. The highest BCUT2D eigenvalue weighted by Crippen LogP contribution is 2.26. The Hall–Kier alpha value is -1.35. The molecule has 0 aliphatic heterocycles. The molecule has 0 fully saturated rings. The lowest BCUT2D eigenvalue weighted by molar-refractivity contribution is 0.591. The van der Waals surface area contributed by atoms with Crippen LogP contribution in [-0.2, 0) is 18.9 Å². The van der Waals surface area contributed by atoms with E-state index in [9.17, 15) is 0 Å². The summed E-state index contributed by atoms with van der Waals surface area (Å²) in [5, 5.41) is 3.17. The molecule has 0 amide bonds. The Labute approximate surface area is 109 Å². The predicted molar refractivity (Wildman–Crippen MR) is 77.0 cm³/mol. The van der Waals surface area contributed by atoms with Crippen molar-refractivity contribution in [2.24, 2.45) is 7.05 Å². The van der Waals surface area contributed by atoms with Crippen molar-refractivity contribution in [2.45, 2.75) is 32.6 Å². The number of rotatable bonds is 3. The van der Waals surface area contributed by atoms with E-state index in [0.717, 1.165) is 24.3 Å².